The molecule has 0 saturated carbocycles. The molecule has 0 aliphatic carbocycles. The monoisotopic (exact) mass is 299 g/mol. The number of nitrogens with zero attached hydrogens (tertiary/aromatic N) is 3. The van der Waals surface area contributed by atoms with Crippen LogP contribution in [0.4, 0.5) is 11.5 Å². The number of fused-ring (bicyclic) bond motifs is 1. The van der Waals surface area contributed by atoms with E-state index in [4.69, 9.17) is 0 Å². The van der Waals surface area contributed by atoms with Crippen molar-refractivity contribution >= 4 is 28.7 Å². The molecule has 0 radical (unpaired) electrons. The lowest BCUT2D eigenvalue weighted by molar-refractivity contribution is -0.120. The molecule has 1 amide bonds. The summed E-state index contributed by atoms with van der Waals surface area (Å²) in [4.78, 5) is 21.3. The summed E-state index contributed by atoms with van der Waals surface area (Å²) in [6.45, 7) is 4.63. The van der Waals surface area contributed by atoms with Gasteiger partial charge in [0, 0.05) is 37.1 Å². The number of thiophene rings is 1. The van der Waals surface area contributed by atoms with Gasteiger partial charge in [-0.25, -0.2) is 4.98 Å². The number of carbonyl (C=O) groups excluding carboxylic acids is 1. The van der Waals surface area contributed by atoms with Gasteiger partial charge in [-0.05, 0) is 30.0 Å². The van der Waals surface area contributed by atoms with Gasteiger partial charge in [0.2, 0.25) is 5.91 Å². The third-order valence-corrected chi connectivity index (χ3v) is 5.21. The van der Waals surface area contributed by atoms with E-state index in [0.29, 0.717) is 5.92 Å². The molecular weight excluding hydrogens is 282 g/mol. The van der Waals surface area contributed by atoms with E-state index >= 15 is 0 Å². The molecule has 2 fully saturated rings. The Morgan fingerprint density at radius 3 is 2.90 bits per heavy atom. The topological polar surface area (TPSA) is 36.4 Å². The molecule has 2 saturated heterocycles. The zero-order valence-electron chi connectivity index (χ0n) is 11.9. The summed E-state index contributed by atoms with van der Waals surface area (Å²) < 4.78 is 0. The summed E-state index contributed by atoms with van der Waals surface area (Å²) >= 11 is 1.64. The van der Waals surface area contributed by atoms with Crippen molar-refractivity contribution < 1.29 is 4.79 Å². The van der Waals surface area contributed by atoms with Crippen LogP contribution in [0.3, 0.4) is 0 Å². The quantitative estimate of drug-likeness (QED) is 0.855. The lowest BCUT2D eigenvalue weighted by atomic mass is 10.0. The van der Waals surface area contributed by atoms with Crippen molar-refractivity contribution in [3.63, 3.8) is 0 Å². The summed E-state index contributed by atoms with van der Waals surface area (Å²) in [6.07, 6.45) is 1.83. The number of hydrogen-bond acceptors (Lipinski definition) is 4. The average Bonchev–Trinajstić information content (AvgIpc) is 3.17. The predicted molar refractivity (Wildman–Crippen MR) is 84.8 cm³/mol. The van der Waals surface area contributed by atoms with E-state index in [1.807, 2.05) is 28.6 Å². The first-order chi connectivity index (χ1) is 10.2. The number of rotatable bonds is 2. The molecule has 21 heavy (non-hydrogen) atoms. The Hall–Kier alpha value is -1.88. The van der Waals surface area contributed by atoms with E-state index in [1.54, 1.807) is 11.3 Å². The van der Waals surface area contributed by atoms with E-state index in [9.17, 15) is 4.79 Å². The number of amides is 1. The molecule has 0 bridgehead atoms. The molecule has 2 aromatic heterocycles. The van der Waals surface area contributed by atoms with E-state index < -0.39 is 0 Å². The number of carbonyl (C=O) groups is 1. The van der Waals surface area contributed by atoms with E-state index in [0.717, 1.165) is 31.1 Å². The normalized spacial score (nSPS) is 24.7. The van der Waals surface area contributed by atoms with Gasteiger partial charge in [-0.3, -0.25) is 4.79 Å². The Balaban J connectivity index is 1.55. The van der Waals surface area contributed by atoms with Crippen molar-refractivity contribution in [2.75, 3.05) is 29.4 Å². The second kappa shape index (κ2) is 4.84. The molecule has 2 atom stereocenters. The van der Waals surface area contributed by atoms with Crippen LogP contribution in [-0.2, 0) is 4.79 Å². The maximum atomic E-state index is 12.6. The minimum absolute atomic E-state index is 0.117. The highest BCUT2D eigenvalue weighted by Gasteiger charge is 2.47. The molecule has 2 aliphatic rings. The van der Waals surface area contributed by atoms with Gasteiger partial charge >= 0.3 is 0 Å². The van der Waals surface area contributed by atoms with Crippen molar-refractivity contribution in [2.24, 2.45) is 11.8 Å². The third kappa shape index (κ3) is 2.03. The molecule has 2 aliphatic heterocycles. The van der Waals surface area contributed by atoms with Crippen LogP contribution in [0.2, 0.25) is 0 Å². The molecule has 4 heterocycles. The summed E-state index contributed by atoms with van der Waals surface area (Å²) in [5.41, 5.74) is 2.24. The van der Waals surface area contributed by atoms with E-state index in [2.05, 4.69) is 28.3 Å². The average molecular weight is 299 g/mol. The first-order valence-electron chi connectivity index (χ1n) is 7.24. The summed E-state index contributed by atoms with van der Waals surface area (Å²) in [7, 11) is 0. The maximum absolute atomic E-state index is 12.6. The van der Waals surface area contributed by atoms with Crippen LogP contribution in [-0.4, -0.2) is 30.5 Å². The third-order valence-electron chi connectivity index (χ3n) is 4.54. The molecule has 0 spiro atoms. The van der Waals surface area contributed by atoms with Crippen LogP contribution in [0.1, 0.15) is 5.56 Å². The standard InChI is InChI=1S/C16H17N3OS/c1-11-3-2-5-17-15(11)18-7-12-8-19(13-4-6-21-10-13)16(20)14(12)9-18/h2-6,10,12,14H,7-9H2,1H3/t12-,14-/m1/s1. The Kier molecular flexibility index (Phi) is 2.96. The van der Waals surface area contributed by atoms with Gasteiger partial charge in [0.25, 0.3) is 0 Å². The largest absolute Gasteiger partial charge is 0.355 e. The molecule has 0 unspecified atom stereocenters. The van der Waals surface area contributed by atoms with Crippen LogP contribution in [0.15, 0.2) is 35.2 Å². The highest BCUT2D eigenvalue weighted by atomic mass is 32.1. The number of aromatic nitrogens is 1. The minimum atomic E-state index is 0.117. The Bertz CT molecular complexity index is 670. The molecule has 4 rings (SSSR count). The van der Waals surface area contributed by atoms with Crippen molar-refractivity contribution in [1.29, 1.82) is 0 Å². The molecule has 0 N–H and O–H groups in total. The molecular formula is C16H17N3OS. The highest BCUT2D eigenvalue weighted by Crippen LogP contribution is 2.37. The van der Waals surface area contributed by atoms with Gasteiger partial charge < -0.3 is 9.80 Å². The SMILES string of the molecule is Cc1cccnc1N1C[C@@H]2CN(c3ccsc3)C(=O)[C@@H]2C1. The van der Waals surface area contributed by atoms with Crippen LogP contribution >= 0.6 is 11.3 Å². The first-order valence-corrected chi connectivity index (χ1v) is 8.18. The van der Waals surface area contributed by atoms with Crippen molar-refractivity contribution in [3.8, 4) is 0 Å². The van der Waals surface area contributed by atoms with Crippen molar-refractivity contribution in [1.82, 2.24) is 4.98 Å². The van der Waals surface area contributed by atoms with Gasteiger partial charge in [-0.15, -0.1) is 0 Å². The zero-order valence-corrected chi connectivity index (χ0v) is 12.7. The smallest absolute Gasteiger partial charge is 0.232 e. The van der Waals surface area contributed by atoms with Crippen molar-refractivity contribution in [2.45, 2.75) is 6.92 Å². The summed E-state index contributed by atoms with van der Waals surface area (Å²) in [6, 6.07) is 6.07. The van der Waals surface area contributed by atoms with Gasteiger partial charge in [0.15, 0.2) is 0 Å². The van der Waals surface area contributed by atoms with Crippen LogP contribution < -0.4 is 9.80 Å². The fourth-order valence-corrected chi connectivity index (χ4v) is 4.13. The molecule has 2 aromatic rings. The van der Waals surface area contributed by atoms with E-state index in [1.165, 1.54) is 5.56 Å². The van der Waals surface area contributed by atoms with E-state index in [-0.39, 0.29) is 11.8 Å². The van der Waals surface area contributed by atoms with Crippen LogP contribution in [0.5, 0.6) is 0 Å². The summed E-state index contributed by atoms with van der Waals surface area (Å²) in [5, 5.41) is 4.08. The first kappa shape index (κ1) is 12.8. The second-order valence-electron chi connectivity index (χ2n) is 5.85. The number of pyridine rings is 1. The number of aryl methyl sites for hydroxylation is 1. The number of hydrogen-bond donors (Lipinski definition) is 0. The second-order valence-corrected chi connectivity index (χ2v) is 6.63. The van der Waals surface area contributed by atoms with Gasteiger partial charge in [-0.2, -0.15) is 11.3 Å². The van der Waals surface area contributed by atoms with Crippen LogP contribution in [0.25, 0.3) is 0 Å². The Labute approximate surface area is 128 Å². The maximum Gasteiger partial charge on any atom is 0.232 e. The van der Waals surface area contributed by atoms with Crippen molar-refractivity contribution in [3.05, 3.63) is 40.7 Å². The number of anilines is 2. The van der Waals surface area contributed by atoms with Gasteiger partial charge in [-0.1, -0.05) is 6.07 Å². The highest BCUT2D eigenvalue weighted by molar-refractivity contribution is 7.08. The minimum Gasteiger partial charge on any atom is -0.355 e. The fraction of sp³-hybridized carbons (Fsp3) is 0.375. The lowest BCUT2D eigenvalue weighted by Crippen LogP contribution is -2.33. The molecule has 4 nitrogen and oxygen atoms in total. The Morgan fingerprint density at radius 1 is 1.29 bits per heavy atom. The van der Waals surface area contributed by atoms with Gasteiger partial charge in [0.1, 0.15) is 5.82 Å². The molecule has 0 aromatic carbocycles. The van der Waals surface area contributed by atoms with Crippen LogP contribution in [0, 0.1) is 18.8 Å². The van der Waals surface area contributed by atoms with Gasteiger partial charge in [0.05, 0.1) is 11.6 Å². The Morgan fingerprint density at radius 2 is 2.19 bits per heavy atom. The fourth-order valence-electron chi connectivity index (χ4n) is 3.49. The summed E-state index contributed by atoms with van der Waals surface area (Å²) in [5.74, 6) is 1.83. The predicted octanol–water partition coefficient (Wildman–Crippen LogP) is 2.55. The lowest BCUT2D eigenvalue weighted by Gasteiger charge is -2.23. The zero-order chi connectivity index (χ0) is 14.4. The molecule has 108 valence electrons. The molecule has 5 heteroatoms.